The maximum Gasteiger partial charge on any atom is 0.255 e. The molecular formula is C16H18FNO2. The lowest BCUT2D eigenvalue weighted by molar-refractivity contribution is 0.0697. The van der Waals surface area contributed by atoms with E-state index in [0.29, 0.717) is 17.0 Å². The third kappa shape index (κ3) is 3.37. The topological polar surface area (TPSA) is 40.5 Å². The van der Waals surface area contributed by atoms with Crippen molar-refractivity contribution in [3.63, 3.8) is 0 Å². The molecule has 4 heteroatoms. The molecule has 1 aromatic rings. The van der Waals surface area contributed by atoms with Crippen molar-refractivity contribution in [2.75, 3.05) is 19.7 Å². The van der Waals surface area contributed by atoms with E-state index in [9.17, 15) is 9.18 Å². The minimum absolute atomic E-state index is 0.112. The maximum absolute atomic E-state index is 13.3. The molecule has 0 atom stereocenters. The van der Waals surface area contributed by atoms with Crippen LogP contribution in [0.4, 0.5) is 4.39 Å². The third-order valence-electron chi connectivity index (χ3n) is 3.58. The molecule has 1 fully saturated rings. The van der Waals surface area contributed by atoms with Gasteiger partial charge in [-0.25, -0.2) is 4.39 Å². The van der Waals surface area contributed by atoms with Gasteiger partial charge in [0.1, 0.15) is 12.4 Å². The van der Waals surface area contributed by atoms with Crippen LogP contribution >= 0.6 is 0 Å². The van der Waals surface area contributed by atoms with Gasteiger partial charge in [-0.15, -0.1) is 0 Å². The number of hydrogen-bond acceptors (Lipinski definition) is 2. The average Bonchev–Trinajstić information content (AvgIpc) is 2.45. The first-order valence-corrected chi connectivity index (χ1v) is 6.80. The zero-order valence-electron chi connectivity index (χ0n) is 11.5. The molecule has 3 nitrogen and oxygen atoms in total. The standard InChI is InChI=1S/C16H18FNO2/c1-12-6-8-18(9-7-12)16(20)15-5-4-14(17)11-13(15)3-2-10-19/h4-5,11-12,19H,6-10H2,1H3. The van der Waals surface area contributed by atoms with E-state index in [1.807, 2.05) is 0 Å². The Bertz CT molecular complexity index is 551. The van der Waals surface area contributed by atoms with Crippen LogP contribution in [0.5, 0.6) is 0 Å². The van der Waals surface area contributed by atoms with E-state index in [-0.39, 0.29) is 12.5 Å². The van der Waals surface area contributed by atoms with E-state index >= 15 is 0 Å². The van der Waals surface area contributed by atoms with Gasteiger partial charge >= 0.3 is 0 Å². The Kier molecular flexibility index (Phi) is 4.75. The number of amides is 1. The summed E-state index contributed by atoms with van der Waals surface area (Å²) in [5.41, 5.74) is 0.740. The molecule has 1 aromatic carbocycles. The molecule has 0 radical (unpaired) electrons. The lowest BCUT2D eigenvalue weighted by Gasteiger charge is -2.30. The number of rotatable bonds is 1. The molecule has 0 spiro atoms. The number of carbonyl (C=O) groups excluding carboxylic acids is 1. The summed E-state index contributed by atoms with van der Waals surface area (Å²) in [5, 5.41) is 8.74. The molecule has 1 aliphatic heterocycles. The first kappa shape index (κ1) is 14.5. The zero-order chi connectivity index (χ0) is 14.5. The molecule has 0 saturated carbocycles. The van der Waals surface area contributed by atoms with Crippen molar-refractivity contribution in [2.45, 2.75) is 19.8 Å². The fourth-order valence-electron chi connectivity index (χ4n) is 2.32. The van der Waals surface area contributed by atoms with Crippen LogP contribution in [0.2, 0.25) is 0 Å². The van der Waals surface area contributed by atoms with Gasteiger partial charge in [0.25, 0.3) is 5.91 Å². The van der Waals surface area contributed by atoms with E-state index in [4.69, 9.17) is 5.11 Å². The van der Waals surface area contributed by atoms with Crippen molar-refractivity contribution in [1.29, 1.82) is 0 Å². The number of carbonyl (C=O) groups is 1. The number of aliphatic hydroxyl groups excluding tert-OH is 1. The van der Waals surface area contributed by atoms with Gasteiger partial charge in [0, 0.05) is 18.7 Å². The van der Waals surface area contributed by atoms with Crippen molar-refractivity contribution >= 4 is 5.91 Å². The Morgan fingerprint density at radius 3 is 2.80 bits per heavy atom. The van der Waals surface area contributed by atoms with Crippen LogP contribution in [0.15, 0.2) is 18.2 Å². The SMILES string of the molecule is CC1CCN(C(=O)c2ccc(F)cc2C#CCO)CC1. The predicted molar refractivity (Wildman–Crippen MR) is 74.7 cm³/mol. The van der Waals surface area contributed by atoms with E-state index < -0.39 is 5.82 Å². The molecule has 1 N–H and O–H groups in total. The van der Waals surface area contributed by atoms with Crippen LogP contribution in [-0.2, 0) is 0 Å². The van der Waals surface area contributed by atoms with Gasteiger partial charge in [-0.3, -0.25) is 4.79 Å². The molecule has 0 aliphatic carbocycles. The zero-order valence-corrected chi connectivity index (χ0v) is 11.5. The maximum atomic E-state index is 13.3. The van der Waals surface area contributed by atoms with Gasteiger partial charge in [0.05, 0.1) is 5.56 Å². The summed E-state index contributed by atoms with van der Waals surface area (Å²) in [6.45, 7) is 3.32. The first-order chi connectivity index (χ1) is 9.61. The monoisotopic (exact) mass is 275 g/mol. The molecular weight excluding hydrogens is 257 g/mol. The fourth-order valence-corrected chi connectivity index (χ4v) is 2.32. The number of likely N-dealkylation sites (tertiary alicyclic amines) is 1. The highest BCUT2D eigenvalue weighted by Gasteiger charge is 2.23. The van der Waals surface area contributed by atoms with Crippen LogP contribution in [0, 0.1) is 23.6 Å². The van der Waals surface area contributed by atoms with Crippen molar-refractivity contribution < 1.29 is 14.3 Å². The molecule has 0 bridgehead atoms. The number of benzene rings is 1. The highest BCUT2D eigenvalue weighted by molar-refractivity contribution is 5.96. The van der Waals surface area contributed by atoms with Crippen LogP contribution < -0.4 is 0 Å². The smallest absolute Gasteiger partial charge is 0.255 e. The summed E-state index contributed by atoms with van der Waals surface area (Å²) in [4.78, 5) is 14.3. The Balaban J connectivity index is 2.25. The first-order valence-electron chi connectivity index (χ1n) is 6.80. The van der Waals surface area contributed by atoms with Crippen molar-refractivity contribution in [3.05, 3.63) is 35.1 Å². The van der Waals surface area contributed by atoms with Crippen LogP contribution in [0.25, 0.3) is 0 Å². The number of piperidine rings is 1. The minimum atomic E-state index is -0.434. The summed E-state index contributed by atoms with van der Waals surface area (Å²) in [6, 6.07) is 3.98. The number of hydrogen-bond donors (Lipinski definition) is 1. The number of nitrogens with zero attached hydrogens (tertiary/aromatic N) is 1. The molecule has 1 saturated heterocycles. The van der Waals surface area contributed by atoms with E-state index in [2.05, 4.69) is 18.8 Å². The van der Waals surface area contributed by atoms with Gasteiger partial charge in [-0.1, -0.05) is 18.8 Å². The third-order valence-corrected chi connectivity index (χ3v) is 3.58. The van der Waals surface area contributed by atoms with Crippen molar-refractivity contribution in [2.24, 2.45) is 5.92 Å². The summed E-state index contributed by atoms with van der Waals surface area (Å²) in [7, 11) is 0. The Hall–Kier alpha value is -1.86. The fraction of sp³-hybridized carbons (Fsp3) is 0.438. The largest absolute Gasteiger partial charge is 0.384 e. The Morgan fingerprint density at radius 1 is 1.45 bits per heavy atom. The summed E-state index contributed by atoms with van der Waals surface area (Å²) in [6.07, 6.45) is 1.98. The minimum Gasteiger partial charge on any atom is -0.384 e. The highest BCUT2D eigenvalue weighted by atomic mass is 19.1. The van der Waals surface area contributed by atoms with E-state index in [0.717, 1.165) is 25.9 Å². The van der Waals surface area contributed by atoms with Crippen LogP contribution in [-0.4, -0.2) is 35.6 Å². The average molecular weight is 275 g/mol. The van der Waals surface area contributed by atoms with E-state index in [1.54, 1.807) is 4.90 Å². The second-order valence-electron chi connectivity index (χ2n) is 5.12. The molecule has 2 rings (SSSR count). The van der Waals surface area contributed by atoms with Crippen LogP contribution in [0.1, 0.15) is 35.7 Å². The van der Waals surface area contributed by atoms with Gasteiger partial charge in [0.15, 0.2) is 0 Å². The molecule has 1 heterocycles. The molecule has 1 aliphatic rings. The lowest BCUT2D eigenvalue weighted by Crippen LogP contribution is -2.38. The van der Waals surface area contributed by atoms with Crippen molar-refractivity contribution in [3.8, 4) is 11.8 Å². The normalized spacial score (nSPS) is 15.7. The molecule has 1 amide bonds. The predicted octanol–water partition coefficient (Wildman–Crippen LogP) is 2.04. The Morgan fingerprint density at radius 2 is 2.15 bits per heavy atom. The highest BCUT2D eigenvalue weighted by Crippen LogP contribution is 2.20. The summed E-state index contributed by atoms with van der Waals surface area (Å²) < 4.78 is 13.3. The van der Waals surface area contributed by atoms with Gasteiger partial charge in [-0.05, 0) is 37.0 Å². The quantitative estimate of drug-likeness (QED) is 0.797. The van der Waals surface area contributed by atoms with Gasteiger partial charge < -0.3 is 10.0 Å². The number of aliphatic hydroxyl groups is 1. The molecule has 20 heavy (non-hydrogen) atoms. The summed E-state index contributed by atoms with van der Waals surface area (Å²) >= 11 is 0. The van der Waals surface area contributed by atoms with Gasteiger partial charge in [-0.2, -0.15) is 0 Å². The molecule has 0 aromatic heterocycles. The number of halogens is 1. The van der Waals surface area contributed by atoms with Gasteiger partial charge in [0.2, 0.25) is 0 Å². The second-order valence-corrected chi connectivity index (χ2v) is 5.12. The van der Waals surface area contributed by atoms with E-state index in [1.165, 1.54) is 18.2 Å². The van der Waals surface area contributed by atoms with Crippen molar-refractivity contribution in [1.82, 2.24) is 4.90 Å². The Labute approximate surface area is 118 Å². The van der Waals surface area contributed by atoms with Crippen LogP contribution in [0.3, 0.4) is 0 Å². The molecule has 106 valence electrons. The lowest BCUT2D eigenvalue weighted by atomic mass is 9.98. The summed E-state index contributed by atoms with van der Waals surface area (Å²) in [5.74, 6) is 5.20. The molecule has 0 unspecified atom stereocenters. The second kappa shape index (κ2) is 6.53.